The summed E-state index contributed by atoms with van der Waals surface area (Å²) < 4.78 is 5.85. The topological polar surface area (TPSA) is 68.3 Å². The van der Waals surface area contributed by atoms with Gasteiger partial charge < -0.3 is 4.74 Å². The highest BCUT2D eigenvalue weighted by Gasteiger charge is 2.25. The zero-order valence-electron chi connectivity index (χ0n) is 18.0. The van der Waals surface area contributed by atoms with Gasteiger partial charge in [-0.25, -0.2) is 0 Å². The number of rotatable bonds is 5. The number of hydrogen-bond acceptors (Lipinski definition) is 6. The van der Waals surface area contributed by atoms with Crippen LogP contribution in [0.4, 0.5) is 4.79 Å². The number of carbonyl (C=O) groups excluding carboxylic acids is 2. The second-order valence-corrected chi connectivity index (χ2v) is 9.94. The number of thioether (sulfide) groups is 1. The third-order valence-corrected chi connectivity index (χ3v) is 7.05. The fourth-order valence-corrected chi connectivity index (χ4v) is 5.40. The van der Waals surface area contributed by atoms with E-state index in [1.54, 1.807) is 17.4 Å². The van der Waals surface area contributed by atoms with Gasteiger partial charge in [0.1, 0.15) is 5.75 Å². The number of aromatic nitrogens is 1. The van der Waals surface area contributed by atoms with E-state index in [0.717, 1.165) is 54.9 Å². The third kappa shape index (κ3) is 4.55. The van der Waals surface area contributed by atoms with Crippen LogP contribution in [0.5, 0.6) is 5.75 Å². The van der Waals surface area contributed by atoms with E-state index in [-0.39, 0.29) is 17.3 Å². The first kappa shape index (κ1) is 21.4. The molecule has 0 atom stereocenters. The summed E-state index contributed by atoms with van der Waals surface area (Å²) in [6.07, 6.45) is 3.67. The summed E-state index contributed by atoms with van der Waals surface area (Å²) in [7, 11) is 0. The Hall–Kier alpha value is -3.42. The van der Waals surface area contributed by atoms with E-state index < -0.39 is 0 Å². The molecule has 0 spiro atoms. The Bertz CT molecular complexity index is 1420. The van der Waals surface area contributed by atoms with Gasteiger partial charge in [0.15, 0.2) is 0 Å². The number of nitrogens with one attached hydrogen (secondary N) is 1. The predicted molar refractivity (Wildman–Crippen MR) is 135 cm³/mol. The number of pyridine rings is 1. The van der Waals surface area contributed by atoms with Crippen molar-refractivity contribution in [2.24, 2.45) is 0 Å². The molecule has 33 heavy (non-hydrogen) atoms. The highest BCUT2D eigenvalue weighted by atomic mass is 32.2. The fourth-order valence-electron chi connectivity index (χ4n) is 3.67. The number of ether oxygens (including phenoxy) is 1. The van der Waals surface area contributed by atoms with Gasteiger partial charge in [0.25, 0.3) is 11.1 Å². The Labute approximate surface area is 199 Å². The number of carbonyl (C=O) groups is 2. The van der Waals surface area contributed by atoms with Crippen molar-refractivity contribution in [2.75, 3.05) is 0 Å². The number of hydrogen-bond donors (Lipinski definition) is 1. The molecular formula is C26H20N2O3S2. The van der Waals surface area contributed by atoms with Gasteiger partial charge in [-0.3, -0.25) is 19.9 Å². The van der Waals surface area contributed by atoms with Gasteiger partial charge >= 0.3 is 0 Å². The molecule has 1 aliphatic rings. The van der Waals surface area contributed by atoms with Gasteiger partial charge in [0.2, 0.25) is 0 Å². The monoisotopic (exact) mass is 472 g/mol. The average molecular weight is 473 g/mol. The first-order valence-electron chi connectivity index (χ1n) is 10.5. The minimum absolute atomic E-state index is 0.123. The van der Waals surface area contributed by atoms with Gasteiger partial charge in [-0.05, 0) is 85.3 Å². The van der Waals surface area contributed by atoms with Crippen molar-refractivity contribution in [3.8, 4) is 26.6 Å². The third-order valence-electron chi connectivity index (χ3n) is 5.07. The highest BCUT2D eigenvalue weighted by Crippen LogP contribution is 2.38. The van der Waals surface area contributed by atoms with E-state index in [9.17, 15) is 9.59 Å². The van der Waals surface area contributed by atoms with E-state index in [1.807, 2.05) is 56.4 Å². The molecule has 0 radical (unpaired) electrons. The molecule has 1 fully saturated rings. The lowest BCUT2D eigenvalue weighted by Gasteiger charge is -2.10. The lowest BCUT2D eigenvalue weighted by atomic mass is 10.0. The zero-order chi connectivity index (χ0) is 22.9. The average Bonchev–Trinajstić information content (AvgIpc) is 3.39. The summed E-state index contributed by atoms with van der Waals surface area (Å²) in [5, 5.41) is 2.94. The van der Waals surface area contributed by atoms with Crippen molar-refractivity contribution >= 4 is 51.2 Å². The number of nitrogens with zero attached hydrogens (tertiary/aromatic N) is 1. The van der Waals surface area contributed by atoms with Crippen molar-refractivity contribution in [1.29, 1.82) is 0 Å². The van der Waals surface area contributed by atoms with E-state index in [2.05, 4.69) is 34.6 Å². The fraction of sp³-hybridized carbons (Fsp3) is 0.115. The van der Waals surface area contributed by atoms with Crippen LogP contribution < -0.4 is 10.1 Å². The summed E-state index contributed by atoms with van der Waals surface area (Å²) in [4.78, 5) is 30.6. The van der Waals surface area contributed by atoms with E-state index in [0.29, 0.717) is 4.91 Å². The van der Waals surface area contributed by atoms with E-state index in [1.165, 1.54) is 0 Å². The van der Waals surface area contributed by atoms with Crippen molar-refractivity contribution in [3.63, 3.8) is 0 Å². The zero-order valence-corrected chi connectivity index (χ0v) is 19.6. The van der Waals surface area contributed by atoms with Gasteiger partial charge in [-0.1, -0.05) is 18.2 Å². The Morgan fingerprint density at radius 2 is 1.85 bits per heavy atom. The molecule has 5 rings (SSSR count). The molecule has 2 amide bonds. The molecule has 2 aromatic carbocycles. The summed E-state index contributed by atoms with van der Waals surface area (Å²) >= 11 is 2.63. The molecule has 0 unspecified atom stereocenters. The van der Waals surface area contributed by atoms with Crippen LogP contribution in [0.3, 0.4) is 0 Å². The number of fused-ring (bicyclic) bond motifs is 1. The molecule has 1 aliphatic heterocycles. The van der Waals surface area contributed by atoms with Crippen molar-refractivity contribution in [2.45, 2.75) is 20.0 Å². The summed E-state index contributed by atoms with van der Waals surface area (Å²) in [6, 6.07) is 20.2. The smallest absolute Gasteiger partial charge is 0.290 e. The molecule has 0 aliphatic carbocycles. The lowest BCUT2D eigenvalue weighted by molar-refractivity contribution is -0.115. The van der Waals surface area contributed by atoms with Crippen molar-refractivity contribution in [3.05, 3.63) is 77.3 Å². The molecule has 0 saturated carbocycles. The quantitative estimate of drug-likeness (QED) is 0.326. The predicted octanol–water partition coefficient (Wildman–Crippen LogP) is 6.74. The van der Waals surface area contributed by atoms with Crippen molar-refractivity contribution < 1.29 is 14.3 Å². The number of amides is 2. The molecule has 0 bridgehead atoms. The molecule has 4 aromatic rings. The van der Waals surface area contributed by atoms with Crippen LogP contribution in [-0.2, 0) is 4.79 Å². The maximum atomic E-state index is 11.9. The van der Waals surface area contributed by atoms with Crippen LogP contribution in [0.25, 0.3) is 37.9 Å². The minimum atomic E-state index is -0.358. The largest absolute Gasteiger partial charge is 0.491 e. The first-order valence-corrected chi connectivity index (χ1v) is 12.1. The maximum absolute atomic E-state index is 11.9. The van der Waals surface area contributed by atoms with Gasteiger partial charge in [-0.2, -0.15) is 0 Å². The molecule has 3 heterocycles. The standard InChI is InChI=1S/C26H20N2O3S2/c1-15(2)31-18-5-3-4-17(14-18)22-8-9-23(32-22)19-10-11-27-21-7-6-16(12-20(19)21)13-24-25(29)28-26(30)33-24/h3-15H,1-2H3,(H,28,29,30)/b24-13-. The van der Waals surface area contributed by atoms with Crippen LogP contribution in [0.1, 0.15) is 19.4 Å². The lowest BCUT2D eigenvalue weighted by Crippen LogP contribution is -2.17. The molecular weight excluding hydrogens is 452 g/mol. The molecule has 2 aromatic heterocycles. The summed E-state index contributed by atoms with van der Waals surface area (Å²) in [5.74, 6) is 0.500. The van der Waals surface area contributed by atoms with Gasteiger partial charge in [-0.15, -0.1) is 11.3 Å². The second kappa shape index (κ2) is 8.84. The van der Waals surface area contributed by atoms with Crippen LogP contribution in [0.2, 0.25) is 0 Å². The van der Waals surface area contributed by atoms with Crippen LogP contribution in [0.15, 0.2) is 71.8 Å². The van der Waals surface area contributed by atoms with E-state index in [4.69, 9.17) is 4.74 Å². The van der Waals surface area contributed by atoms with Crippen LogP contribution in [0, 0.1) is 0 Å². The highest BCUT2D eigenvalue weighted by molar-refractivity contribution is 8.18. The minimum Gasteiger partial charge on any atom is -0.491 e. The molecule has 5 nitrogen and oxygen atoms in total. The molecule has 7 heteroatoms. The summed E-state index contributed by atoms with van der Waals surface area (Å²) in [5.41, 5.74) is 3.91. The molecule has 1 saturated heterocycles. The molecule has 1 N–H and O–H groups in total. The van der Waals surface area contributed by atoms with Gasteiger partial charge in [0.05, 0.1) is 16.5 Å². The SMILES string of the molecule is CC(C)Oc1cccc(-c2ccc(-c3ccnc4ccc(/C=C5\SC(=O)NC5=O)cc34)s2)c1. The second-order valence-electron chi connectivity index (χ2n) is 7.85. The van der Waals surface area contributed by atoms with Crippen LogP contribution >= 0.6 is 23.1 Å². The maximum Gasteiger partial charge on any atom is 0.290 e. The molecule has 164 valence electrons. The number of thiophene rings is 1. The Morgan fingerprint density at radius 1 is 1.00 bits per heavy atom. The number of benzene rings is 2. The number of imide groups is 1. The van der Waals surface area contributed by atoms with Crippen molar-refractivity contribution in [1.82, 2.24) is 10.3 Å². The first-order chi connectivity index (χ1) is 16.0. The van der Waals surface area contributed by atoms with Crippen LogP contribution in [-0.4, -0.2) is 22.2 Å². The Morgan fingerprint density at radius 3 is 2.64 bits per heavy atom. The Kier molecular flexibility index (Phi) is 5.74. The normalized spacial score (nSPS) is 14.9. The summed E-state index contributed by atoms with van der Waals surface area (Å²) in [6.45, 7) is 4.04. The Balaban J connectivity index is 1.52. The van der Waals surface area contributed by atoms with E-state index >= 15 is 0 Å². The van der Waals surface area contributed by atoms with Gasteiger partial charge in [0, 0.05) is 26.9 Å².